The van der Waals surface area contributed by atoms with Crippen molar-refractivity contribution in [2.45, 2.75) is 107 Å². The molecule has 21 nitrogen and oxygen atoms in total. The molecule has 15 N–H and O–H groups in total. The minimum absolute atomic E-state index is 0.0342. The number of amides is 8. The van der Waals surface area contributed by atoms with E-state index in [0.717, 1.165) is 10.9 Å². The molecule has 0 unspecified atom stereocenters. The number of unbranched alkanes of at least 4 members (excludes halogenated alkanes) is 1. The number of para-hydroxylation sites is 1. The highest BCUT2D eigenvalue weighted by atomic mass is 32.1. The van der Waals surface area contributed by atoms with E-state index in [-0.39, 0.29) is 61.3 Å². The number of primary amides is 1. The molecule has 0 saturated heterocycles. The number of benzene rings is 3. The summed E-state index contributed by atoms with van der Waals surface area (Å²) in [5.74, 6) is -8.92. The normalized spacial score (nSPS) is 14.4. The van der Waals surface area contributed by atoms with Crippen molar-refractivity contribution in [1.29, 1.82) is 0 Å². The number of aromatic amines is 2. The number of carbonyl (C=O) groups is 8. The van der Waals surface area contributed by atoms with E-state index < -0.39 is 113 Å². The van der Waals surface area contributed by atoms with Crippen LogP contribution in [0, 0.1) is 17.6 Å². The Hall–Kier alpha value is -7.35. The zero-order valence-corrected chi connectivity index (χ0v) is 44.3. The van der Waals surface area contributed by atoms with Crippen molar-refractivity contribution in [2.24, 2.45) is 23.1 Å². The minimum Gasteiger partial charge on any atom is -0.368 e. The summed E-state index contributed by atoms with van der Waals surface area (Å²) in [5.41, 5.74) is 19.5. The average molecular weight is 1100 g/mol. The molecule has 8 amide bonds. The number of halogens is 2. The monoisotopic (exact) mass is 1100 g/mol. The first-order valence-electron chi connectivity index (χ1n) is 24.9. The smallest absolute Gasteiger partial charge is 0.244 e. The molecule has 3 aromatic carbocycles. The van der Waals surface area contributed by atoms with E-state index >= 15 is 0 Å². The van der Waals surface area contributed by atoms with Crippen LogP contribution in [-0.2, 0) is 64.0 Å². The molecule has 0 aliphatic carbocycles. The Labute approximate surface area is 454 Å². The number of hydrogen-bond acceptors (Lipinski definition) is 13. The van der Waals surface area contributed by atoms with Crippen LogP contribution in [0.2, 0.25) is 0 Å². The Kier molecular flexibility index (Phi) is 23.4. The maximum Gasteiger partial charge on any atom is 0.244 e. The van der Waals surface area contributed by atoms with E-state index in [4.69, 9.17) is 17.2 Å². The third kappa shape index (κ3) is 17.9. The van der Waals surface area contributed by atoms with Gasteiger partial charge in [-0.1, -0.05) is 68.4 Å². The Morgan fingerprint density at radius 2 is 1.06 bits per heavy atom. The molecule has 77 heavy (non-hydrogen) atoms. The van der Waals surface area contributed by atoms with Gasteiger partial charge in [-0.25, -0.2) is 13.8 Å². The zero-order valence-electron chi connectivity index (χ0n) is 42.5. The van der Waals surface area contributed by atoms with Crippen molar-refractivity contribution in [3.05, 3.63) is 126 Å². The number of aromatic nitrogens is 3. The first-order chi connectivity index (χ1) is 36.8. The van der Waals surface area contributed by atoms with E-state index in [1.165, 1.54) is 48.9 Å². The van der Waals surface area contributed by atoms with E-state index in [1.807, 2.05) is 18.2 Å². The first-order valence-corrected chi connectivity index (χ1v) is 26.2. The standard InChI is InChI=1S/C52H67F2N13O8S2/c1-28(2)44(52(75)66-43(26-77)50(73)62-39(45(57)68)20-30-12-4-7-15-35(30)54)67-47(70)38(17-9-10-18-55)61-48(71)40(21-31-23-59-37-16-8-5-13-33(31)37)63-49(72)41(22-32-24-58-27-60-32)64-51(74)42(25-76)65-46(69)36(56)19-29-11-3-6-14-34(29)53/h3-8,11-16,23-24,27-28,36,38-44,59,76-77H,9-10,17-22,25-26,55-56H2,1-2H3,(H2,57,68)(H,58,60)(H,61,71)(H,62,73)(H,63,72)(H,64,74)(H,65,69)(H,66,75)(H,67,70)/t36-,38-,39-,40+,41-,42+,43-,44-/m0/s1. The van der Waals surface area contributed by atoms with Crippen molar-refractivity contribution < 1.29 is 47.1 Å². The molecule has 0 aliphatic rings. The number of imidazole rings is 1. The highest BCUT2D eigenvalue weighted by molar-refractivity contribution is 7.80. The van der Waals surface area contributed by atoms with Crippen LogP contribution < -0.4 is 54.4 Å². The average Bonchev–Trinajstić information content (AvgIpc) is 4.09. The third-order valence-corrected chi connectivity index (χ3v) is 13.3. The second-order valence-corrected chi connectivity index (χ2v) is 19.4. The third-order valence-electron chi connectivity index (χ3n) is 12.6. The fourth-order valence-corrected chi connectivity index (χ4v) is 8.74. The van der Waals surface area contributed by atoms with Crippen LogP contribution in [0.1, 0.15) is 55.5 Å². The van der Waals surface area contributed by atoms with Gasteiger partial charge in [-0.3, -0.25) is 38.4 Å². The largest absolute Gasteiger partial charge is 0.368 e. The Bertz CT molecular complexity index is 2820. The van der Waals surface area contributed by atoms with Crippen molar-refractivity contribution in [3.8, 4) is 0 Å². The van der Waals surface area contributed by atoms with Crippen LogP contribution in [0.25, 0.3) is 10.9 Å². The summed E-state index contributed by atoms with van der Waals surface area (Å²) in [6, 6.07) is 7.99. The van der Waals surface area contributed by atoms with Gasteiger partial charge in [0.15, 0.2) is 0 Å². The van der Waals surface area contributed by atoms with Crippen molar-refractivity contribution in [2.75, 3.05) is 18.1 Å². The van der Waals surface area contributed by atoms with Crippen LogP contribution in [0.15, 0.2) is 91.5 Å². The summed E-state index contributed by atoms with van der Waals surface area (Å²) < 4.78 is 28.8. The second kappa shape index (κ2) is 29.8. The molecule has 0 saturated carbocycles. The van der Waals surface area contributed by atoms with Crippen molar-refractivity contribution in [3.63, 3.8) is 0 Å². The summed E-state index contributed by atoms with van der Waals surface area (Å²) in [7, 11) is 0. The summed E-state index contributed by atoms with van der Waals surface area (Å²) in [5, 5.41) is 19.1. The fourth-order valence-electron chi connectivity index (χ4n) is 8.22. The lowest BCUT2D eigenvalue weighted by Crippen LogP contribution is -2.61. The van der Waals surface area contributed by atoms with Gasteiger partial charge >= 0.3 is 0 Å². The number of H-pyrrole nitrogens is 2. The molecule has 0 aliphatic heterocycles. The Balaban J connectivity index is 1.36. The lowest BCUT2D eigenvalue weighted by molar-refractivity contribution is -0.136. The molecular weight excluding hydrogens is 1040 g/mol. The number of rotatable bonds is 30. The number of nitrogens with one attached hydrogen (secondary N) is 9. The summed E-state index contributed by atoms with van der Waals surface area (Å²) >= 11 is 8.50. The molecule has 8 atom stereocenters. The van der Waals surface area contributed by atoms with Gasteiger partial charge < -0.3 is 64.4 Å². The highest BCUT2D eigenvalue weighted by Gasteiger charge is 2.35. The molecular formula is C52H67F2N13O8S2. The van der Waals surface area contributed by atoms with E-state index in [1.54, 1.807) is 38.2 Å². The van der Waals surface area contributed by atoms with Gasteiger partial charge in [0.25, 0.3) is 0 Å². The molecule has 5 rings (SSSR count). The second-order valence-electron chi connectivity index (χ2n) is 18.7. The van der Waals surface area contributed by atoms with Gasteiger partial charge in [-0.15, -0.1) is 0 Å². The number of thiol groups is 2. The fraction of sp³-hybridized carbons (Fsp3) is 0.404. The number of carbonyl (C=O) groups excluding carboxylic acids is 8. The predicted octanol–water partition coefficient (Wildman–Crippen LogP) is 0.291. The van der Waals surface area contributed by atoms with Gasteiger partial charge in [0.05, 0.1) is 12.4 Å². The van der Waals surface area contributed by atoms with Crippen molar-refractivity contribution in [1.82, 2.24) is 52.2 Å². The number of nitrogens with zero attached hydrogens (tertiary/aromatic N) is 1. The lowest BCUT2D eigenvalue weighted by atomic mass is 10.00. The molecule has 2 aromatic heterocycles. The van der Waals surface area contributed by atoms with Gasteiger partial charge in [0.2, 0.25) is 47.3 Å². The zero-order chi connectivity index (χ0) is 56.2. The predicted molar refractivity (Wildman–Crippen MR) is 291 cm³/mol. The van der Waals surface area contributed by atoms with Crippen LogP contribution in [-0.4, -0.2) is 129 Å². The number of hydrogen-bond donors (Lipinski definition) is 14. The topological polar surface area (TPSA) is 343 Å². The van der Waals surface area contributed by atoms with Crippen LogP contribution in [0.3, 0.4) is 0 Å². The van der Waals surface area contributed by atoms with Crippen LogP contribution >= 0.6 is 25.3 Å². The molecule has 414 valence electrons. The molecule has 0 fully saturated rings. The van der Waals surface area contributed by atoms with E-state index in [9.17, 15) is 47.1 Å². The maximum absolute atomic E-state index is 14.7. The molecule has 5 aromatic rings. The van der Waals surface area contributed by atoms with Crippen molar-refractivity contribution >= 4 is 83.4 Å². The minimum atomic E-state index is -1.41. The lowest BCUT2D eigenvalue weighted by Gasteiger charge is -2.29. The van der Waals surface area contributed by atoms with Gasteiger partial charge in [-0.05, 0) is 73.0 Å². The molecule has 2 heterocycles. The number of fused-ring (bicyclic) bond motifs is 1. The Morgan fingerprint density at radius 1 is 0.571 bits per heavy atom. The maximum atomic E-state index is 14.7. The highest BCUT2D eigenvalue weighted by Crippen LogP contribution is 2.20. The molecule has 25 heteroatoms. The van der Waals surface area contributed by atoms with E-state index in [2.05, 4.69) is 77.4 Å². The van der Waals surface area contributed by atoms with Crippen LogP contribution in [0.4, 0.5) is 8.78 Å². The molecule has 0 spiro atoms. The van der Waals surface area contributed by atoms with Crippen LogP contribution in [0.5, 0.6) is 0 Å². The van der Waals surface area contributed by atoms with Gasteiger partial charge in [-0.2, -0.15) is 25.3 Å². The Morgan fingerprint density at radius 3 is 1.62 bits per heavy atom. The summed E-state index contributed by atoms with van der Waals surface area (Å²) in [4.78, 5) is 120. The van der Waals surface area contributed by atoms with Gasteiger partial charge in [0.1, 0.15) is 53.9 Å². The SMILES string of the molecule is CC(C)[C@H](NC(=O)[C@H](CCCCN)NC(=O)[C@@H](Cc1c[nH]c2ccccc12)NC(=O)[C@H](Cc1cnc[nH]1)NC(=O)[C@@H](CS)NC(=O)[C@@H](N)Cc1ccccc1F)C(=O)N[C@@H](CS)C(=O)N[C@@H](Cc1ccccc1F)C(N)=O. The first kappa shape index (κ1) is 60.5. The van der Waals surface area contributed by atoms with Gasteiger partial charge in [0, 0.05) is 59.8 Å². The van der Waals surface area contributed by atoms with E-state index in [0.29, 0.717) is 24.1 Å². The number of nitrogens with two attached hydrogens (primary N) is 3. The molecule has 0 radical (unpaired) electrons. The quantitative estimate of drug-likeness (QED) is 0.0219. The summed E-state index contributed by atoms with van der Waals surface area (Å²) in [6.07, 6.45) is 4.56. The summed E-state index contributed by atoms with van der Waals surface area (Å²) in [6.45, 7) is 3.53. The molecule has 0 bridgehead atoms.